The average Bonchev–Trinajstić information content (AvgIpc) is 2.79. The van der Waals surface area contributed by atoms with Crippen LogP contribution in [0.2, 0.25) is 0 Å². The Morgan fingerprint density at radius 2 is 1.84 bits per heavy atom. The summed E-state index contributed by atoms with van der Waals surface area (Å²) in [4.78, 5) is 29.0. The Hall–Kier alpha value is -2.52. The SMILES string of the molecule is CCC[C@H](CC)OCc1ccc(-n2cc(I)c(NC(=O)c3ccccc3)nc2=O)cc1. The van der Waals surface area contributed by atoms with Gasteiger partial charge in [0.25, 0.3) is 5.91 Å². The van der Waals surface area contributed by atoms with Crippen molar-refractivity contribution in [3.05, 3.63) is 86.0 Å². The number of rotatable bonds is 9. The van der Waals surface area contributed by atoms with Crippen LogP contribution in [0.4, 0.5) is 5.82 Å². The predicted molar refractivity (Wildman–Crippen MR) is 131 cm³/mol. The Balaban J connectivity index is 1.72. The van der Waals surface area contributed by atoms with E-state index in [4.69, 9.17) is 4.74 Å². The van der Waals surface area contributed by atoms with Crippen LogP contribution >= 0.6 is 22.6 Å². The van der Waals surface area contributed by atoms with E-state index in [-0.39, 0.29) is 17.8 Å². The molecule has 0 saturated heterocycles. The number of nitrogens with zero attached hydrogens (tertiary/aromatic N) is 2. The first-order valence-electron chi connectivity index (χ1n) is 10.4. The second kappa shape index (κ2) is 11.2. The third kappa shape index (κ3) is 6.24. The van der Waals surface area contributed by atoms with Crippen molar-refractivity contribution in [2.24, 2.45) is 0 Å². The van der Waals surface area contributed by atoms with Crippen molar-refractivity contribution in [1.82, 2.24) is 9.55 Å². The van der Waals surface area contributed by atoms with Gasteiger partial charge >= 0.3 is 5.69 Å². The number of carbonyl (C=O) groups is 1. The minimum Gasteiger partial charge on any atom is -0.374 e. The van der Waals surface area contributed by atoms with Crippen molar-refractivity contribution in [2.75, 3.05) is 5.32 Å². The summed E-state index contributed by atoms with van der Waals surface area (Å²) in [6.45, 7) is 4.84. The van der Waals surface area contributed by atoms with E-state index < -0.39 is 5.69 Å². The fourth-order valence-corrected chi connectivity index (χ4v) is 3.70. The molecule has 1 N–H and O–H groups in total. The van der Waals surface area contributed by atoms with Crippen LogP contribution in [0.1, 0.15) is 49.0 Å². The molecule has 0 bridgehead atoms. The van der Waals surface area contributed by atoms with Gasteiger partial charge in [0.05, 0.1) is 22.0 Å². The molecular weight excluding hydrogens is 505 g/mol. The van der Waals surface area contributed by atoms with E-state index in [0.29, 0.717) is 21.4 Å². The fraction of sp³-hybridized carbons (Fsp3) is 0.292. The van der Waals surface area contributed by atoms with E-state index in [2.05, 4.69) is 46.7 Å². The third-order valence-electron chi connectivity index (χ3n) is 4.92. The zero-order valence-electron chi connectivity index (χ0n) is 17.7. The van der Waals surface area contributed by atoms with E-state index in [1.165, 1.54) is 4.57 Å². The number of nitrogens with one attached hydrogen (secondary N) is 1. The lowest BCUT2D eigenvalue weighted by Gasteiger charge is -2.15. The van der Waals surface area contributed by atoms with Gasteiger partial charge in [-0.25, -0.2) is 4.79 Å². The first-order chi connectivity index (χ1) is 15.0. The van der Waals surface area contributed by atoms with Crippen molar-refractivity contribution in [3.63, 3.8) is 0 Å². The summed E-state index contributed by atoms with van der Waals surface area (Å²) in [5.41, 5.74) is 1.81. The zero-order chi connectivity index (χ0) is 22.2. The van der Waals surface area contributed by atoms with E-state index in [9.17, 15) is 9.59 Å². The van der Waals surface area contributed by atoms with Gasteiger partial charge in [0.1, 0.15) is 0 Å². The number of ether oxygens (including phenoxy) is 1. The summed E-state index contributed by atoms with van der Waals surface area (Å²) in [5.74, 6) is -0.0526. The van der Waals surface area contributed by atoms with Crippen molar-refractivity contribution >= 4 is 34.3 Å². The summed E-state index contributed by atoms with van der Waals surface area (Å²) in [6.07, 6.45) is 5.11. The van der Waals surface area contributed by atoms with Crippen LogP contribution in [-0.2, 0) is 11.3 Å². The number of benzene rings is 2. The molecule has 0 aliphatic heterocycles. The molecule has 0 aliphatic carbocycles. The Morgan fingerprint density at radius 3 is 2.48 bits per heavy atom. The van der Waals surface area contributed by atoms with Crippen molar-refractivity contribution in [2.45, 2.75) is 45.8 Å². The molecule has 1 atom stereocenters. The van der Waals surface area contributed by atoms with Crippen molar-refractivity contribution in [1.29, 1.82) is 0 Å². The number of halogens is 1. The molecule has 7 heteroatoms. The lowest BCUT2D eigenvalue weighted by atomic mass is 10.1. The van der Waals surface area contributed by atoms with E-state index in [0.717, 1.165) is 24.8 Å². The Kier molecular flexibility index (Phi) is 8.36. The standard InChI is InChI=1S/C24H26IN3O3/c1-3-8-20(4-2)31-16-17-11-13-19(14-12-17)28-15-21(25)22(27-24(28)30)26-23(29)18-9-6-5-7-10-18/h5-7,9-15,20H,3-4,8,16H2,1-2H3,(H,26,27,29,30)/t20-/m0/s1. The molecule has 0 radical (unpaired) electrons. The molecule has 3 aromatic rings. The van der Waals surface area contributed by atoms with Crippen LogP contribution in [0, 0.1) is 3.57 Å². The van der Waals surface area contributed by atoms with E-state index in [1.54, 1.807) is 30.5 Å². The number of hydrogen-bond donors (Lipinski definition) is 1. The Morgan fingerprint density at radius 1 is 1.13 bits per heavy atom. The number of hydrogen-bond acceptors (Lipinski definition) is 4. The highest BCUT2D eigenvalue weighted by Crippen LogP contribution is 2.17. The smallest absolute Gasteiger partial charge is 0.354 e. The highest BCUT2D eigenvalue weighted by atomic mass is 127. The average molecular weight is 531 g/mol. The van der Waals surface area contributed by atoms with Crippen LogP contribution in [0.25, 0.3) is 5.69 Å². The molecule has 2 aromatic carbocycles. The summed E-state index contributed by atoms with van der Waals surface area (Å²) < 4.78 is 8.11. The first-order valence-corrected chi connectivity index (χ1v) is 11.5. The molecule has 1 aromatic heterocycles. The first kappa shape index (κ1) is 23.1. The number of anilines is 1. The van der Waals surface area contributed by atoms with Crippen LogP contribution < -0.4 is 11.0 Å². The van der Waals surface area contributed by atoms with E-state index in [1.807, 2.05) is 30.3 Å². The molecule has 0 spiro atoms. The molecule has 1 amide bonds. The number of aromatic nitrogens is 2. The molecule has 1 heterocycles. The Bertz CT molecular complexity index is 1070. The van der Waals surface area contributed by atoms with Gasteiger partial charge in [0.15, 0.2) is 5.82 Å². The topological polar surface area (TPSA) is 73.2 Å². The van der Waals surface area contributed by atoms with Gasteiger partial charge < -0.3 is 10.1 Å². The quantitative estimate of drug-likeness (QED) is 0.386. The molecule has 6 nitrogen and oxygen atoms in total. The number of carbonyl (C=O) groups excluding carboxylic acids is 1. The van der Waals surface area contributed by atoms with Crippen molar-refractivity contribution < 1.29 is 9.53 Å². The molecule has 162 valence electrons. The van der Waals surface area contributed by atoms with Gasteiger partial charge in [-0.2, -0.15) is 4.98 Å². The van der Waals surface area contributed by atoms with Gasteiger partial charge in [-0.05, 0) is 65.3 Å². The van der Waals surface area contributed by atoms with Gasteiger partial charge in [-0.1, -0.05) is 50.6 Å². The normalized spacial score (nSPS) is 11.8. The van der Waals surface area contributed by atoms with Gasteiger partial charge in [-0.3, -0.25) is 9.36 Å². The Labute approximate surface area is 195 Å². The summed E-state index contributed by atoms with van der Waals surface area (Å²) in [5, 5.41) is 2.71. The molecule has 0 unspecified atom stereocenters. The molecule has 31 heavy (non-hydrogen) atoms. The molecule has 0 saturated carbocycles. The van der Waals surface area contributed by atoms with E-state index >= 15 is 0 Å². The van der Waals surface area contributed by atoms with Crippen LogP contribution in [-0.4, -0.2) is 21.6 Å². The summed E-state index contributed by atoms with van der Waals surface area (Å²) >= 11 is 2.06. The zero-order valence-corrected chi connectivity index (χ0v) is 19.8. The predicted octanol–water partition coefficient (Wildman–Crippen LogP) is 5.18. The largest absolute Gasteiger partial charge is 0.374 e. The van der Waals surface area contributed by atoms with Crippen LogP contribution in [0.15, 0.2) is 65.6 Å². The van der Waals surface area contributed by atoms with Crippen molar-refractivity contribution in [3.8, 4) is 5.69 Å². The monoisotopic (exact) mass is 531 g/mol. The maximum atomic E-state index is 12.6. The summed E-state index contributed by atoms with van der Waals surface area (Å²) in [6, 6.07) is 16.5. The third-order valence-corrected chi connectivity index (χ3v) is 5.71. The maximum Gasteiger partial charge on any atom is 0.354 e. The molecule has 0 fully saturated rings. The van der Waals surface area contributed by atoms with Crippen LogP contribution in [0.3, 0.4) is 0 Å². The fourth-order valence-electron chi connectivity index (χ4n) is 3.17. The second-order valence-electron chi connectivity index (χ2n) is 7.21. The molecule has 3 rings (SSSR count). The van der Waals surface area contributed by atoms with Gasteiger partial charge in [0, 0.05) is 11.8 Å². The minimum absolute atomic E-state index is 0.252. The minimum atomic E-state index is -0.457. The highest BCUT2D eigenvalue weighted by Gasteiger charge is 2.13. The number of amides is 1. The highest BCUT2D eigenvalue weighted by molar-refractivity contribution is 14.1. The van der Waals surface area contributed by atoms with Crippen LogP contribution in [0.5, 0.6) is 0 Å². The molecule has 0 aliphatic rings. The summed E-state index contributed by atoms with van der Waals surface area (Å²) in [7, 11) is 0. The van der Waals surface area contributed by atoms with Gasteiger partial charge in [0.2, 0.25) is 0 Å². The molecular formula is C24H26IN3O3. The maximum absolute atomic E-state index is 12.6. The lowest BCUT2D eigenvalue weighted by molar-refractivity contribution is 0.0322. The second-order valence-corrected chi connectivity index (χ2v) is 8.37. The lowest BCUT2D eigenvalue weighted by Crippen LogP contribution is -2.25. The van der Waals surface area contributed by atoms with Gasteiger partial charge in [-0.15, -0.1) is 0 Å².